The van der Waals surface area contributed by atoms with Gasteiger partial charge in [0, 0.05) is 6.04 Å². The maximum atomic E-state index is 12.3. The molecule has 0 bridgehead atoms. The van der Waals surface area contributed by atoms with Crippen LogP contribution in [0.4, 0.5) is 5.69 Å². The van der Waals surface area contributed by atoms with E-state index < -0.39 is 6.04 Å². The van der Waals surface area contributed by atoms with Crippen molar-refractivity contribution in [2.24, 2.45) is 0 Å². The standard InChI is InChI=1S/C14H16Cl2N2O2/c1-3-8(2)18-12(19)7-11(14(18)20)17-10-6-4-5-9(15)13(10)16/h4-6,8,11,17H,3,7H2,1-2H3. The van der Waals surface area contributed by atoms with Crippen molar-refractivity contribution in [2.75, 3.05) is 5.32 Å². The van der Waals surface area contributed by atoms with Crippen LogP contribution in [0.25, 0.3) is 0 Å². The summed E-state index contributed by atoms with van der Waals surface area (Å²) in [4.78, 5) is 25.6. The van der Waals surface area contributed by atoms with E-state index in [0.717, 1.165) is 6.42 Å². The van der Waals surface area contributed by atoms with Crippen molar-refractivity contribution in [1.29, 1.82) is 0 Å². The molecule has 6 heteroatoms. The SMILES string of the molecule is CCC(C)N1C(=O)CC(Nc2cccc(Cl)c2Cl)C1=O. The molecule has 108 valence electrons. The van der Waals surface area contributed by atoms with E-state index in [9.17, 15) is 9.59 Å². The highest BCUT2D eigenvalue weighted by Crippen LogP contribution is 2.31. The molecule has 0 saturated carbocycles. The van der Waals surface area contributed by atoms with Gasteiger partial charge in [0.1, 0.15) is 6.04 Å². The van der Waals surface area contributed by atoms with Gasteiger partial charge in [-0.25, -0.2) is 0 Å². The number of nitrogens with zero attached hydrogens (tertiary/aromatic N) is 1. The quantitative estimate of drug-likeness (QED) is 0.867. The third-order valence-corrected chi connectivity index (χ3v) is 4.31. The first-order valence-corrected chi connectivity index (χ1v) is 7.27. The lowest BCUT2D eigenvalue weighted by Crippen LogP contribution is -2.40. The molecule has 2 rings (SSSR count). The first-order chi connectivity index (χ1) is 9.45. The van der Waals surface area contributed by atoms with Crippen LogP contribution in [-0.4, -0.2) is 28.8 Å². The van der Waals surface area contributed by atoms with Crippen molar-refractivity contribution < 1.29 is 9.59 Å². The summed E-state index contributed by atoms with van der Waals surface area (Å²) in [6.07, 6.45) is 0.883. The summed E-state index contributed by atoms with van der Waals surface area (Å²) in [6.45, 7) is 3.81. The largest absolute Gasteiger partial charge is 0.372 e. The van der Waals surface area contributed by atoms with E-state index in [0.29, 0.717) is 15.7 Å². The number of likely N-dealkylation sites (tertiary alicyclic amines) is 1. The predicted molar refractivity (Wildman–Crippen MR) is 80.1 cm³/mol. The Bertz CT molecular complexity index is 548. The van der Waals surface area contributed by atoms with Crippen LogP contribution in [0.1, 0.15) is 26.7 Å². The van der Waals surface area contributed by atoms with Gasteiger partial charge < -0.3 is 5.32 Å². The second-order valence-corrected chi connectivity index (χ2v) is 5.65. The van der Waals surface area contributed by atoms with Crippen LogP contribution in [-0.2, 0) is 9.59 Å². The fourth-order valence-corrected chi connectivity index (χ4v) is 2.57. The van der Waals surface area contributed by atoms with Crippen molar-refractivity contribution in [3.05, 3.63) is 28.2 Å². The molecule has 1 aliphatic rings. The number of anilines is 1. The molecule has 0 radical (unpaired) electrons. The summed E-state index contributed by atoms with van der Waals surface area (Å²) in [5, 5.41) is 3.78. The van der Waals surface area contributed by atoms with Crippen LogP contribution in [0.3, 0.4) is 0 Å². The molecule has 0 spiro atoms. The molecule has 1 fully saturated rings. The number of hydrogen-bond acceptors (Lipinski definition) is 3. The van der Waals surface area contributed by atoms with Gasteiger partial charge in [-0.1, -0.05) is 36.2 Å². The van der Waals surface area contributed by atoms with Gasteiger partial charge in [-0.2, -0.15) is 0 Å². The minimum Gasteiger partial charge on any atom is -0.372 e. The summed E-state index contributed by atoms with van der Waals surface area (Å²) >= 11 is 12.0. The average molecular weight is 315 g/mol. The molecular formula is C14H16Cl2N2O2. The molecule has 4 nitrogen and oxygen atoms in total. The van der Waals surface area contributed by atoms with Crippen molar-refractivity contribution in [3.63, 3.8) is 0 Å². The maximum absolute atomic E-state index is 12.3. The number of benzene rings is 1. The van der Waals surface area contributed by atoms with Crippen LogP contribution in [0.15, 0.2) is 18.2 Å². The lowest BCUT2D eigenvalue weighted by molar-refractivity contribution is -0.140. The van der Waals surface area contributed by atoms with Gasteiger partial charge in [0.05, 0.1) is 22.2 Å². The van der Waals surface area contributed by atoms with Crippen molar-refractivity contribution in [3.8, 4) is 0 Å². The molecule has 2 amide bonds. The molecule has 2 unspecified atom stereocenters. The summed E-state index contributed by atoms with van der Waals surface area (Å²) in [5.41, 5.74) is 0.566. The van der Waals surface area contributed by atoms with Crippen LogP contribution in [0, 0.1) is 0 Å². The second-order valence-electron chi connectivity index (χ2n) is 4.86. The van der Waals surface area contributed by atoms with Crippen molar-refractivity contribution >= 4 is 40.7 Å². The molecule has 1 aromatic rings. The van der Waals surface area contributed by atoms with E-state index in [1.165, 1.54) is 4.90 Å². The number of carbonyl (C=O) groups excluding carboxylic acids is 2. The molecule has 1 N–H and O–H groups in total. The number of amides is 2. The summed E-state index contributed by atoms with van der Waals surface area (Å²) in [7, 11) is 0. The summed E-state index contributed by atoms with van der Waals surface area (Å²) < 4.78 is 0. The average Bonchev–Trinajstić information content (AvgIpc) is 2.69. The third kappa shape index (κ3) is 2.76. The number of carbonyl (C=O) groups is 2. The van der Waals surface area contributed by atoms with Gasteiger partial charge in [-0.05, 0) is 25.5 Å². The number of rotatable bonds is 4. The Morgan fingerprint density at radius 2 is 2.10 bits per heavy atom. The van der Waals surface area contributed by atoms with Crippen molar-refractivity contribution in [2.45, 2.75) is 38.8 Å². The second kappa shape index (κ2) is 6.02. The van der Waals surface area contributed by atoms with E-state index in [-0.39, 0.29) is 24.3 Å². The Morgan fingerprint density at radius 3 is 2.75 bits per heavy atom. The Morgan fingerprint density at radius 1 is 1.40 bits per heavy atom. The van der Waals surface area contributed by atoms with Gasteiger partial charge in [0.2, 0.25) is 5.91 Å². The normalized spacial score (nSPS) is 20.4. The number of imide groups is 1. The molecular weight excluding hydrogens is 299 g/mol. The Balaban J connectivity index is 2.17. The van der Waals surface area contributed by atoms with E-state index in [1.807, 2.05) is 13.8 Å². The first-order valence-electron chi connectivity index (χ1n) is 6.52. The lowest BCUT2D eigenvalue weighted by Gasteiger charge is -2.22. The van der Waals surface area contributed by atoms with Gasteiger partial charge in [-0.15, -0.1) is 0 Å². The molecule has 0 aromatic heterocycles. The predicted octanol–water partition coefficient (Wildman–Crippen LogP) is 3.33. The highest BCUT2D eigenvalue weighted by Gasteiger charge is 2.40. The smallest absolute Gasteiger partial charge is 0.252 e. The zero-order chi connectivity index (χ0) is 14.9. The zero-order valence-electron chi connectivity index (χ0n) is 11.3. The highest BCUT2D eigenvalue weighted by atomic mass is 35.5. The topological polar surface area (TPSA) is 49.4 Å². The van der Waals surface area contributed by atoms with Gasteiger partial charge in [0.15, 0.2) is 0 Å². The third-order valence-electron chi connectivity index (χ3n) is 3.50. The molecule has 1 aromatic carbocycles. The van der Waals surface area contributed by atoms with Crippen LogP contribution in [0.2, 0.25) is 10.0 Å². The van der Waals surface area contributed by atoms with Gasteiger partial charge in [-0.3, -0.25) is 14.5 Å². The molecule has 1 heterocycles. The molecule has 20 heavy (non-hydrogen) atoms. The molecule has 2 atom stereocenters. The van der Waals surface area contributed by atoms with Crippen LogP contribution < -0.4 is 5.32 Å². The monoisotopic (exact) mass is 314 g/mol. The summed E-state index contributed by atoms with van der Waals surface area (Å²) in [6, 6.07) is 4.48. The zero-order valence-corrected chi connectivity index (χ0v) is 12.8. The molecule has 1 saturated heterocycles. The number of hydrogen-bond donors (Lipinski definition) is 1. The maximum Gasteiger partial charge on any atom is 0.252 e. The van der Waals surface area contributed by atoms with Crippen LogP contribution in [0.5, 0.6) is 0 Å². The fourth-order valence-electron chi connectivity index (χ4n) is 2.21. The Hall–Kier alpha value is -1.26. The number of nitrogens with one attached hydrogen (secondary N) is 1. The van der Waals surface area contributed by atoms with E-state index in [4.69, 9.17) is 23.2 Å². The van der Waals surface area contributed by atoms with Crippen LogP contribution >= 0.6 is 23.2 Å². The number of halogens is 2. The van der Waals surface area contributed by atoms with E-state index in [1.54, 1.807) is 18.2 Å². The van der Waals surface area contributed by atoms with Gasteiger partial charge >= 0.3 is 0 Å². The lowest BCUT2D eigenvalue weighted by atomic mass is 10.2. The van der Waals surface area contributed by atoms with E-state index in [2.05, 4.69) is 5.32 Å². The Kier molecular flexibility index (Phi) is 4.55. The Labute approximate surface area is 128 Å². The molecule has 1 aliphatic heterocycles. The highest BCUT2D eigenvalue weighted by molar-refractivity contribution is 6.43. The van der Waals surface area contributed by atoms with E-state index >= 15 is 0 Å². The van der Waals surface area contributed by atoms with Gasteiger partial charge in [0.25, 0.3) is 5.91 Å². The fraction of sp³-hybridized carbons (Fsp3) is 0.429. The minimum absolute atomic E-state index is 0.0865. The first kappa shape index (κ1) is 15.1. The minimum atomic E-state index is -0.576. The van der Waals surface area contributed by atoms with Crippen molar-refractivity contribution in [1.82, 2.24) is 4.90 Å². The summed E-state index contributed by atoms with van der Waals surface area (Å²) in [5.74, 6) is -0.361. The molecule has 0 aliphatic carbocycles.